The molecule has 0 spiro atoms. The SMILES string of the molecule is CCCN(CC(=O)OC)c1nccc(C#N)n1. The van der Waals surface area contributed by atoms with Gasteiger partial charge in [-0.1, -0.05) is 6.92 Å². The first-order valence-electron chi connectivity index (χ1n) is 5.26. The quantitative estimate of drug-likeness (QED) is 0.699. The third kappa shape index (κ3) is 3.72. The predicted octanol–water partition coefficient (Wildman–Crippen LogP) is 0.738. The number of carbonyl (C=O) groups is 1. The van der Waals surface area contributed by atoms with Crippen LogP contribution in [0, 0.1) is 11.3 Å². The number of carbonyl (C=O) groups excluding carboxylic acids is 1. The van der Waals surface area contributed by atoms with E-state index in [0.29, 0.717) is 12.5 Å². The lowest BCUT2D eigenvalue weighted by atomic mass is 10.4. The minimum atomic E-state index is -0.357. The van der Waals surface area contributed by atoms with Crippen molar-refractivity contribution in [1.82, 2.24) is 9.97 Å². The van der Waals surface area contributed by atoms with Gasteiger partial charge in [0.15, 0.2) is 0 Å². The van der Waals surface area contributed by atoms with Crippen LogP contribution in [0.15, 0.2) is 12.3 Å². The molecule has 0 aliphatic heterocycles. The van der Waals surface area contributed by atoms with E-state index in [2.05, 4.69) is 14.7 Å². The molecule has 0 aliphatic carbocycles. The number of ether oxygens (including phenoxy) is 1. The highest BCUT2D eigenvalue weighted by Crippen LogP contribution is 2.08. The first-order chi connectivity index (χ1) is 8.21. The molecule has 0 radical (unpaired) electrons. The van der Waals surface area contributed by atoms with Crippen molar-refractivity contribution in [1.29, 1.82) is 5.26 Å². The van der Waals surface area contributed by atoms with E-state index in [0.717, 1.165) is 6.42 Å². The van der Waals surface area contributed by atoms with Crippen LogP contribution in [0.3, 0.4) is 0 Å². The maximum Gasteiger partial charge on any atom is 0.325 e. The Kier molecular flexibility index (Phi) is 4.88. The van der Waals surface area contributed by atoms with Crippen LogP contribution in [0.2, 0.25) is 0 Å². The minimum absolute atomic E-state index is 0.0826. The zero-order valence-corrected chi connectivity index (χ0v) is 9.88. The largest absolute Gasteiger partial charge is 0.468 e. The van der Waals surface area contributed by atoms with Gasteiger partial charge in [0, 0.05) is 12.7 Å². The van der Waals surface area contributed by atoms with Gasteiger partial charge in [0.05, 0.1) is 7.11 Å². The maximum atomic E-state index is 11.2. The average Bonchev–Trinajstić information content (AvgIpc) is 2.38. The fourth-order valence-electron chi connectivity index (χ4n) is 1.30. The topological polar surface area (TPSA) is 79.1 Å². The molecular weight excluding hydrogens is 220 g/mol. The van der Waals surface area contributed by atoms with E-state index in [-0.39, 0.29) is 18.2 Å². The molecule has 17 heavy (non-hydrogen) atoms. The van der Waals surface area contributed by atoms with Crippen molar-refractivity contribution >= 4 is 11.9 Å². The summed E-state index contributed by atoms with van der Waals surface area (Å²) in [4.78, 5) is 21.0. The van der Waals surface area contributed by atoms with Crippen LogP contribution in [0.1, 0.15) is 19.0 Å². The number of nitriles is 1. The summed E-state index contributed by atoms with van der Waals surface area (Å²) in [5.41, 5.74) is 0.279. The summed E-state index contributed by atoms with van der Waals surface area (Å²) in [6.07, 6.45) is 2.35. The number of hydrogen-bond acceptors (Lipinski definition) is 6. The van der Waals surface area contributed by atoms with Gasteiger partial charge in [-0.15, -0.1) is 0 Å². The van der Waals surface area contributed by atoms with Gasteiger partial charge in [0.1, 0.15) is 18.3 Å². The molecule has 90 valence electrons. The Hall–Kier alpha value is -2.16. The van der Waals surface area contributed by atoms with Crippen LogP contribution in [0.5, 0.6) is 0 Å². The smallest absolute Gasteiger partial charge is 0.325 e. The second-order valence-electron chi connectivity index (χ2n) is 3.35. The van der Waals surface area contributed by atoms with E-state index in [9.17, 15) is 4.79 Å². The number of esters is 1. The molecule has 0 aliphatic rings. The zero-order chi connectivity index (χ0) is 12.7. The first-order valence-corrected chi connectivity index (χ1v) is 5.26. The van der Waals surface area contributed by atoms with Crippen LogP contribution in [-0.2, 0) is 9.53 Å². The number of methoxy groups -OCH3 is 1. The maximum absolute atomic E-state index is 11.2. The van der Waals surface area contributed by atoms with Crippen molar-refractivity contribution in [3.63, 3.8) is 0 Å². The van der Waals surface area contributed by atoms with Crippen LogP contribution < -0.4 is 4.90 Å². The molecule has 0 aromatic carbocycles. The Morgan fingerprint density at radius 3 is 3.00 bits per heavy atom. The lowest BCUT2D eigenvalue weighted by molar-refractivity contribution is -0.138. The highest BCUT2D eigenvalue weighted by atomic mass is 16.5. The third-order valence-corrected chi connectivity index (χ3v) is 2.08. The van der Waals surface area contributed by atoms with Crippen molar-refractivity contribution in [3.8, 4) is 6.07 Å². The lowest BCUT2D eigenvalue weighted by Gasteiger charge is -2.20. The van der Waals surface area contributed by atoms with Gasteiger partial charge < -0.3 is 9.64 Å². The molecular formula is C11H14N4O2. The van der Waals surface area contributed by atoms with Crippen molar-refractivity contribution < 1.29 is 9.53 Å². The molecule has 1 aromatic heterocycles. The summed E-state index contributed by atoms with van der Waals surface area (Å²) in [5.74, 6) is 0.0145. The molecule has 6 heteroatoms. The molecule has 1 rings (SSSR count). The minimum Gasteiger partial charge on any atom is -0.468 e. The van der Waals surface area contributed by atoms with Crippen molar-refractivity contribution in [3.05, 3.63) is 18.0 Å². The van der Waals surface area contributed by atoms with E-state index in [1.165, 1.54) is 19.4 Å². The second kappa shape index (κ2) is 6.43. The van der Waals surface area contributed by atoms with Crippen molar-refractivity contribution in [2.45, 2.75) is 13.3 Å². The summed E-state index contributed by atoms with van der Waals surface area (Å²) >= 11 is 0. The number of hydrogen-bond donors (Lipinski definition) is 0. The van der Waals surface area contributed by atoms with Gasteiger partial charge in [0.25, 0.3) is 0 Å². The molecule has 0 amide bonds. The summed E-state index contributed by atoms with van der Waals surface area (Å²) < 4.78 is 4.60. The molecule has 1 aromatic rings. The fraction of sp³-hybridized carbons (Fsp3) is 0.455. The Balaban J connectivity index is 2.88. The molecule has 1 heterocycles. The zero-order valence-electron chi connectivity index (χ0n) is 9.88. The van der Waals surface area contributed by atoms with Gasteiger partial charge >= 0.3 is 5.97 Å². The van der Waals surface area contributed by atoms with Crippen molar-refractivity contribution in [2.24, 2.45) is 0 Å². The van der Waals surface area contributed by atoms with E-state index >= 15 is 0 Å². The van der Waals surface area contributed by atoms with Gasteiger partial charge in [-0.2, -0.15) is 5.26 Å². The first kappa shape index (κ1) is 12.9. The monoisotopic (exact) mass is 234 g/mol. The van der Waals surface area contributed by atoms with Gasteiger partial charge in [-0.05, 0) is 12.5 Å². The summed E-state index contributed by atoms with van der Waals surface area (Å²) in [6, 6.07) is 3.46. The number of rotatable bonds is 5. The van der Waals surface area contributed by atoms with Crippen molar-refractivity contribution in [2.75, 3.05) is 25.1 Å². The Morgan fingerprint density at radius 1 is 1.65 bits per heavy atom. The normalized spacial score (nSPS) is 9.47. The third-order valence-electron chi connectivity index (χ3n) is 2.08. The molecule has 6 nitrogen and oxygen atoms in total. The molecule has 0 atom stereocenters. The Morgan fingerprint density at radius 2 is 2.41 bits per heavy atom. The second-order valence-corrected chi connectivity index (χ2v) is 3.35. The average molecular weight is 234 g/mol. The standard InChI is InChI=1S/C11H14N4O2/c1-3-6-15(8-10(16)17-2)11-13-5-4-9(7-12)14-11/h4-5H,3,6,8H2,1-2H3. The van der Waals surface area contributed by atoms with Gasteiger partial charge in [-0.3, -0.25) is 4.79 Å². The number of anilines is 1. The fourth-order valence-corrected chi connectivity index (χ4v) is 1.30. The summed E-state index contributed by atoms with van der Waals surface area (Å²) in [6.45, 7) is 2.70. The Bertz CT molecular complexity index is 428. The number of aromatic nitrogens is 2. The van der Waals surface area contributed by atoms with E-state index in [1.807, 2.05) is 13.0 Å². The van der Waals surface area contributed by atoms with E-state index in [4.69, 9.17) is 5.26 Å². The molecule has 0 fully saturated rings. The molecule has 0 bridgehead atoms. The van der Waals surface area contributed by atoms with Crippen LogP contribution >= 0.6 is 0 Å². The summed E-state index contributed by atoms with van der Waals surface area (Å²) in [7, 11) is 1.33. The highest BCUT2D eigenvalue weighted by Gasteiger charge is 2.13. The Labute approximate surface area is 99.9 Å². The highest BCUT2D eigenvalue weighted by molar-refractivity contribution is 5.74. The number of nitrogens with zero attached hydrogens (tertiary/aromatic N) is 4. The van der Waals surface area contributed by atoms with E-state index < -0.39 is 0 Å². The van der Waals surface area contributed by atoms with Crippen LogP contribution in [0.4, 0.5) is 5.95 Å². The van der Waals surface area contributed by atoms with E-state index in [1.54, 1.807) is 4.90 Å². The molecule has 0 saturated heterocycles. The summed E-state index contributed by atoms with van der Waals surface area (Å²) in [5, 5.41) is 8.75. The lowest BCUT2D eigenvalue weighted by Crippen LogP contribution is -2.32. The van der Waals surface area contributed by atoms with Crippen LogP contribution in [0.25, 0.3) is 0 Å². The van der Waals surface area contributed by atoms with Gasteiger partial charge in [0.2, 0.25) is 5.95 Å². The predicted molar refractivity (Wildman–Crippen MR) is 61.3 cm³/mol. The van der Waals surface area contributed by atoms with Crippen LogP contribution in [-0.4, -0.2) is 36.1 Å². The molecule has 0 N–H and O–H groups in total. The molecule has 0 saturated carbocycles. The van der Waals surface area contributed by atoms with Gasteiger partial charge in [-0.25, -0.2) is 9.97 Å². The molecule has 0 unspecified atom stereocenters.